The second kappa shape index (κ2) is 5.95. The minimum atomic E-state index is 0. The molecule has 1 saturated heterocycles. The van der Waals surface area contributed by atoms with Gasteiger partial charge in [0.15, 0.2) is 0 Å². The van der Waals surface area contributed by atoms with Gasteiger partial charge in [0.2, 0.25) is 0 Å². The van der Waals surface area contributed by atoms with E-state index in [0.717, 1.165) is 11.8 Å². The second-order valence-electron chi connectivity index (χ2n) is 6.21. The van der Waals surface area contributed by atoms with Gasteiger partial charge in [0, 0.05) is 11.5 Å². The van der Waals surface area contributed by atoms with Gasteiger partial charge in [-0.3, -0.25) is 0 Å². The molecular formula is C17H26ClNO. The van der Waals surface area contributed by atoms with Crippen LogP contribution in [0.3, 0.4) is 0 Å². The van der Waals surface area contributed by atoms with Crippen molar-refractivity contribution < 1.29 is 4.74 Å². The number of ether oxygens (including phenoxy) is 1. The first-order valence-corrected chi connectivity index (χ1v) is 7.59. The summed E-state index contributed by atoms with van der Waals surface area (Å²) in [5.74, 6) is 1.02. The van der Waals surface area contributed by atoms with Gasteiger partial charge >= 0.3 is 0 Å². The molecule has 112 valence electrons. The van der Waals surface area contributed by atoms with Crippen molar-refractivity contribution in [3.8, 4) is 5.75 Å². The van der Waals surface area contributed by atoms with Crippen LogP contribution in [0, 0.1) is 0 Å². The average molecular weight is 296 g/mol. The Morgan fingerprint density at radius 3 is 2.90 bits per heavy atom. The van der Waals surface area contributed by atoms with Crippen molar-refractivity contribution in [2.45, 2.75) is 50.5 Å². The van der Waals surface area contributed by atoms with Crippen LogP contribution in [0.2, 0.25) is 0 Å². The van der Waals surface area contributed by atoms with Crippen molar-refractivity contribution in [2.24, 2.45) is 0 Å². The fraction of sp³-hybridized carbons (Fsp3) is 0.647. The third-order valence-corrected chi connectivity index (χ3v) is 5.32. The first kappa shape index (κ1) is 15.7. The highest BCUT2D eigenvalue weighted by atomic mass is 35.5. The van der Waals surface area contributed by atoms with E-state index in [9.17, 15) is 0 Å². The van der Waals surface area contributed by atoms with Gasteiger partial charge < -0.3 is 9.64 Å². The molecule has 1 aromatic rings. The molecule has 0 spiro atoms. The van der Waals surface area contributed by atoms with Crippen LogP contribution < -0.4 is 4.74 Å². The average Bonchev–Trinajstić information content (AvgIpc) is 2.77. The van der Waals surface area contributed by atoms with E-state index in [4.69, 9.17) is 4.74 Å². The largest absolute Gasteiger partial charge is 0.497 e. The van der Waals surface area contributed by atoms with Crippen LogP contribution in [0.15, 0.2) is 18.2 Å². The lowest BCUT2D eigenvalue weighted by Gasteiger charge is -2.43. The molecule has 1 aromatic carbocycles. The maximum atomic E-state index is 5.47. The van der Waals surface area contributed by atoms with Crippen LogP contribution in [0.1, 0.15) is 43.7 Å². The number of nitrogens with zero attached hydrogens (tertiary/aromatic N) is 1. The Morgan fingerprint density at radius 1 is 1.40 bits per heavy atom. The van der Waals surface area contributed by atoms with E-state index in [1.165, 1.54) is 38.6 Å². The summed E-state index contributed by atoms with van der Waals surface area (Å²) in [5, 5.41) is 0. The molecule has 20 heavy (non-hydrogen) atoms. The van der Waals surface area contributed by atoms with Crippen molar-refractivity contribution in [1.29, 1.82) is 0 Å². The van der Waals surface area contributed by atoms with E-state index in [1.54, 1.807) is 18.2 Å². The van der Waals surface area contributed by atoms with Crippen LogP contribution in [0.25, 0.3) is 0 Å². The summed E-state index contributed by atoms with van der Waals surface area (Å²) in [5.41, 5.74) is 3.51. The fourth-order valence-corrected chi connectivity index (χ4v) is 4.46. The van der Waals surface area contributed by atoms with Crippen molar-refractivity contribution in [2.75, 3.05) is 20.7 Å². The molecule has 1 heterocycles. The summed E-state index contributed by atoms with van der Waals surface area (Å²) in [4.78, 5) is 2.58. The number of benzene rings is 1. The van der Waals surface area contributed by atoms with Crippen LogP contribution in [-0.2, 0) is 11.8 Å². The lowest BCUT2D eigenvalue weighted by Crippen LogP contribution is -2.44. The molecule has 1 fully saturated rings. The maximum absolute atomic E-state index is 5.47. The van der Waals surface area contributed by atoms with Gasteiger partial charge in [0.05, 0.1) is 7.11 Å². The Kier molecular flexibility index (Phi) is 4.66. The van der Waals surface area contributed by atoms with Gasteiger partial charge in [-0.05, 0) is 62.5 Å². The molecule has 2 nitrogen and oxygen atoms in total. The Balaban J connectivity index is 0.00000147. The first-order chi connectivity index (χ1) is 9.21. The SMILES string of the molecule is CCCC12CCN(C)C1CCc1ccc(OC)cc12.Cl. The highest BCUT2D eigenvalue weighted by molar-refractivity contribution is 5.85. The standard InChI is InChI=1S/C17H25NO.ClH/c1-4-9-17-10-11-18(2)16(17)8-6-13-5-7-14(19-3)12-15(13)17;/h5,7,12,16H,4,6,8-11H2,1-3H3;1H. The zero-order valence-electron chi connectivity index (χ0n) is 12.8. The number of hydrogen-bond donors (Lipinski definition) is 0. The van der Waals surface area contributed by atoms with Gasteiger partial charge in [0.25, 0.3) is 0 Å². The number of likely N-dealkylation sites (N-methyl/N-ethyl adjacent to an activating group) is 1. The highest BCUT2D eigenvalue weighted by Crippen LogP contribution is 2.49. The van der Waals surface area contributed by atoms with Gasteiger partial charge in [-0.15, -0.1) is 12.4 Å². The normalized spacial score (nSPS) is 28.4. The van der Waals surface area contributed by atoms with Crippen molar-refractivity contribution in [3.05, 3.63) is 29.3 Å². The van der Waals surface area contributed by atoms with Gasteiger partial charge in [-0.2, -0.15) is 0 Å². The van der Waals surface area contributed by atoms with Crippen molar-refractivity contribution in [1.82, 2.24) is 4.90 Å². The smallest absolute Gasteiger partial charge is 0.119 e. The van der Waals surface area contributed by atoms with E-state index >= 15 is 0 Å². The number of likely N-dealkylation sites (tertiary alicyclic amines) is 1. The number of aryl methyl sites for hydroxylation is 1. The molecular weight excluding hydrogens is 270 g/mol. The zero-order chi connectivity index (χ0) is 13.5. The Hall–Kier alpha value is -0.730. The molecule has 0 aromatic heterocycles. The molecule has 0 radical (unpaired) electrons. The fourth-order valence-electron chi connectivity index (χ4n) is 4.46. The molecule has 3 heteroatoms. The molecule has 0 bridgehead atoms. The van der Waals surface area contributed by atoms with Gasteiger partial charge in [-0.25, -0.2) is 0 Å². The van der Waals surface area contributed by atoms with E-state index in [-0.39, 0.29) is 12.4 Å². The van der Waals surface area contributed by atoms with Crippen molar-refractivity contribution >= 4 is 12.4 Å². The minimum Gasteiger partial charge on any atom is -0.497 e. The molecule has 1 aliphatic heterocycles. The lowest BCUT2D eigenvalue weighted by atomic mass is 9.64. The number of methoxy groups -OCH3 is 1. The molecule has 0 N–H and O–H groups in total. The third kappa shape index (κ3) is 2.23. The van der Waals surface area contributed by atoms with Crippen LogP contribution in [0.4, 0.5) is 0 Å². The summed E-state index contributed by atoms with van der Waals surface area (Å²) < 4.78 is 5.47. The predicted octanol–water partition coefficient (Wildman–Crippen LogP) is 3.81. The summed E-state index contributed by atoms with van der Waals surface area (Å²) in [7, 11) is 4.07. The topological polar surface area (TPSA) is 12.5 Å². The lowest BCUT2D eigenvalue weighted by molar-refractivity contribution is 0.205. The molecule has 0 saturated carbocycles. The summed E-state index contributed by atoms with van der Waals surface area (Å²) in [6.07, 6.45) is 6.42. The molecule has 2 atom stereocenters. The van der Waals surface area contributed by atoms with Crippen molar-refractivity contribution in [3.63, 3.8) is 0 Å². The van der Waals surface area contributed by atoms with Crippen LogP contribution in [0.5, 0.6) is 5.75 Å². The molecule has 0 amide bonds. The number of halogens is 1. The second-order valence-corrected chi connectivity index (χ2v) is 6.21. The molecule has 2 aliphatic rings. The van der Waals surface area contributed by atoms with E-state index in [1.807, 2.05) is 0 Å². The monoisotopic (exact) mass is 295 g/mol. The van der Waals surface area contributed by atoms with Crippen LogP contribution >= 0.6 is 12.4 Å². The Morgan fingerprint density at radius 2 is 2.20 bits per heavy atom. The summed E-state index contributed by atoms with van der Waals surface area (Å²) in [6.45, 7) is 3.56. The molecule has 3 rings (SSSR count). The van der Waals surface area contributed by atoms with E-state index in [0.29, 0.717) is 5.41 Å². The third-order valence-electron chi connectivity index (χ3n) is 5.32. The minimum absolute atomic E-state index is 0. The number of rotatable bonds is 3. The zero-order valence-corrected chi connectivity index (χ0v) is 13.6. The Bertz CT molecular complexity index is 472. The van der Waals surface area contributed by atoms with Crippen LogP contribution in [-0.4, -0.2) is 31.6 Å². The highest BCUT2D eigenvalue weighted by Gasteiger charge is 2.49. The quantitative estimate of drug-likeness (QED) is 0.841. The maximum Gasteiger partial charge on any atom is 0.119 e. The molecule has 1 aliphatic carbocycles. The van der Waals surface area contributed by atoms with E-state index in [2.05, 4.69) is 37.1 Å². The number of hydrogen-bond acceptors (Lipinski definition) is 2. The summed E-state index contributed by atoms with van der Waals surface area (Å²) in [6, 6.07) is 7.46. The Labute approximate surface area is 128 Å². The van der Waals surface area contributed by atoms with Gasteiger partial charge in [0.1, 0.15) is 5.75 Å². The first-order valence-electron chi connectivity index (χ1n) is 7.59. The number of fused-ring (bicyclic) bond motifs is 3. The van der Waals surface area contributed by atoms with E-state index < -0.39 is 0 Å². The van der Waals surface area contributed by atoms with Gasteiger partial charge in [-0.1, -0.05) is 19.4 Å². The summed E-state index contributed by atoms with van der Waals surface area (Å²) >= 11 is 0. The predicted molar refractivity (Wildman–Crippen MR) is 86.2 cm³/mol. The molecule has 2 unspecified atom stereocenters.